The predicted molar refractivity (Wildman–Crippen MR) is 117 cm³/mol. The van der Waals surface area contributed by atoms with Gasteiger partial charge in [0, 0.05) is 6.04 Å². The maximum Gasteiger partial charge on any atom is 0.253 e. The zero-order valence-corrected chi connectivity index (χ0v) is 17.7. The Morgan fingerprint density at radius 1 is 1.07 bits per heavy atom. The fraction of sp³-hybridized carbons (Fsp3) is 0.273. The van der Waals surface area contributed by atoms with Crippen LogP contribution < -0.4 is 10.6 Å². The Balaban J connectivity index is 1.45. The molecule has 7 nitrogen and oxygen atoms in total. The van der Waals surface area contributed by atoms with Gasteiger partial charge in [-0.3, -0.25) is 14.2 Å². The third kappa shape index (κ3) is 4.54. The van der Waals surface area contributed by atoms with E-state index in [4.69, 9.17) is 0 Å². The number of carbonyl (C=O) groups excluding carboxylic acids is 2. The zero-order chi connectivity index (χ0) is 21.1. The summed E-state index contributed by atoms with van der Waals surface area (Å²) in [5, 5.41) is 14.9. The maximum absolute atomic E-state index is 12.6. The molecule has 1 heterocycles. The number of para-hydroxylation sites is 2. The fourth-order valence-electron chi connectivity index (χ4n) is 3.13. The minimum atomic E-state index is -0.205. The number of rotatable bonds is 7. The van der Waals surface area contributed by atoms with Gasteiger partial charge in [0.1, 0.15) is 5.82 Å². The number of thioether (sulfide) groups is 1. The van der Waals surface area contributed by atoms with Gasteiger partial charge in [-0.2, -0.15) is 0 Å². The molecule has 1 saturated carbocycles. The van der Waals surface area contributed by atoms with E-state index in [1.165, 1.54) is 11.8 Å². The van der Waals surface area contributed by atoms with Gasteiger partial charge in [-0.05, 0) is 50.5 Å². The fourth-order valence-corrected chi connectivity index (χ4v) is 3.92. The average Bonchev–Trinajstić information content (AvgIpc) is 3.47. The molecule has 1 aliphatic rings. The molecule has 2 N–H and O–H groups in total. The predicted octanol–water partition coefficient (Wildman–Crippen LogP) is 3.51. The van der Waals surface area contributed by atoms with Gasteiger partial charge in [-0.1, -0.05) is 42.1 Å². The van der Waals surface area contributed by atoms with Crippen molar-refractivity contribution in [3.05, 3.63) is 65.5 Å². The molecule has 2 amide bonds. The maximum atomic E-state index is 12.6. The third-order valence-electron chi connectivity index (χ3n) is 4.84. The summed E-state index contributed by atoms with van der Waals surface area (Å²) < 4.78 is 1.95. The van der Waals surface area contributed by atoms with E-state index in [1.807, 2.05) is 42.7 Å². The van der Waals surface area contributed by atoms with Crippen molar-refractivity contribution in [3.8, 4) is 5.69 Å². The summed E-state index contributed by atoms with van der Waals surface area (Å²) in [6, 6.07) is 15.3. The molecule has 0 unspecified atom stereocenters. The number of hydrogen-bond donors (Lipinski definition) is 2. The molecule has 2 aromatic carbocycles. The van der Waals surface area contributed by atoms with Gasteiger partial charge in [0.15, 0.2) is 5.16 Å². The lowest BCUT2D eigenvalue weighted by Crippen LogP contribution is -2.27. The molecule has 1 fully saturated rings. The van der Waals surface area contributed by atoms with E-state index in [0.29, 0.717) is 16.4 Å². The molecule has 0 radical (unpaired) electrons. The normalized spacial score (nSPS) is 13.1. The smallest absolute Gasteiger partial charge is 0.253 e. The highest BCUT2D eigenvalue weighted by atomic mass is 32.2. The van der Waals surface area contributed by atoms with E-state index in [-0.39, 0.29) is 23.6 Å². The van der Waals surface area contributed by atoms with Crippen molar-refractivity contribution in [1.29, 1.82) is 0 Å². The number of anilines is 1. The molecule has 3 aromatic rings. The molecule has 1 aromatic heterocycles. The van der Waals surface area contributed by atoms with E-state index >= 15 is 0 Å². The Hall–Kier alpha value is -3.13. The Morgan fingerprint density at radius 2 is 1.80 bits per heavy atom. The molecule has 4 rings (SSSR count). The van der Waals surface area contributed by atoms with Crippen LogP contribution in [0.25, 0.3) is 5.69 Å². The van der Waals surface area contributed by atoms with Crippen LogP contribution in [0.3, 0.4) is 0 Å². The van der Waals surface area contributed by atoms with Gasteiger partial charge in [-0.15, -0.1) is 10.2 Å². The van der Waals surface area contributed by atoms with E-state index in [9.17, 15) is 9.59 Å². The Morgan fingerprint density at radius 3 is 2.57 bits per heavy atom. The van der Waals surface area contributed by atoms with E-state index in [0.717, 1.165) is 29.9 Å². The van der Waals surface area contributed by atoms with Crippen LogP contribution in [0.4, 0.5) is 5.69 Å². The van der Waals surface area contributed by atoms with Crippen LogP contribution in [-0.2, 0) is 4.79 Å². The number of nitrogens with zero attached hydrogens (tertiary/aromatic N) is 3. The van der Waals surface area contributed by atoms with Crippen LogP contribution >= 0.6 is 11.8 Å². The first-order valence-electron chi connectivity index (χ1n) is 9.83. The standard InChI is InChI=1S/C22H23N5O2S/c1-14-7-3-6-10-19(14)27-15(2)25-26-22(27)30-13-20(28)24-18-9-5-4-8-17(18)21(29)23-16-11-12-16/h3-10,16H,11-13H2,1-2H3,(H,23,29)(H,24,28). The summed E-state index contributed by atoms with van der Waals surface area (Å²) in [6.45, 7) is 3.91. The highest BCUT2D eigenvalue weighted by Gasteiger charge is 2.25. The van der Waals surface area contributed by atoms with Crippen molar-refractivity contribution in [2.45, 2.75) is 37.9 Å². The molecule has 0 spiro atoms. The number of aryl methyl sites for hydroxylation is 2. The summed E-state index contributed by atoms with van der Waals surface area (Å²) in [5.74, 6) is 0.553. The molecule has 30 heavy (non-hydrogen) atoms. The van der Waals surface area contributed by atoms with Crippen LogP contribution in [0, 0.1) is 13.8 Å². The zero-order valence-electron chi connectivity index (χ0n) is 16.9. The molecular formula is C22H23N5O2S. The third-order valence-corrected chi connectivity index (χ3v) is 5.77. The van der Waals surface area contributed by atoms with Crippen molar-refractivity contribution in [2.75, 3.05) is 11.1 Å². The van der Waals surface area contributed by atoms with Crippen molar-refractivity contribution in [3.63, 3.8) is 0 Å². The number of amides is 2. The number of benzene rings is 2. The molecule has 0 bridgehead atoms. The Bertz CT molecular complexity index is 1090. The summed E-state index contributed by atoms with van der Waals surface area (Å²) in [5.41, 5.74) is 3.08. The second-order valence-electron chi connectivity index (χ2n) is 7.28. The highest BCUT2D eigenvalue weighted by Crippen LogP contribution is 2.25. The monoisotopic (exact) mass is 421 g/mol. The summed E-state index contributed by atoms with van der Waals surface area (Å²) in [6.07, 6.45) is 2.02. The average molecular weight is 422 g/mol. The molecule has 0 aliphatic heterocycles. The van der Waals surface area contributed by atoms with E-state index in [2.05, 4.69) is 20.8 Å². The minimum Gasteiger partial charge on any atom is -0.349 e. The SMILES string of the molecule is Cc1ccccc1-n1c(C)nnc1SCC(=O)Nc1ccccc1C(=O)NC1CC1. The van der Waals surface area contributed by atoms with Crippen LogP contribution in [0.2, 0.25) is 0 Å². The number of hydrogen-bond acceptors (Lipinski definition) is 5. The molecule has 154 valence electrons. The van der Waals surface area contributed by atoms with Crippen molar-refractivity contribution in [1.82, 2.24) is 20.1 Å². The van der Waals surface area contributed by atoms with Crippen molar-refractivity contribution >= 4 is 29.3 Å². The van der Waals surface area contributed by atoms with Gasteiger partial charge in [-0.25, -0.2) is 0 Å². The quantitative estimate of drug-likeness (QED) is 0.570. The Kier molecular flexibility index (Phi) is 5.85. The lowest BCUT2D eigenvalue weighted by Gasteiger charge is -2.12. The highest BCUT2D eigenvalue weighted by molar-refractivity contribution is 7.99. The van der Waals surface area contributed by atoms with Gasteiger partial charge in [0.25, 0.3) is 5.91 Å². The Labute approximate surface area is 179 Å². The van der Waals surface area contributed by atoms with Gasteiger partial charge in [0.05, 0.1) is 22.7 Å². The van der Waals surface area contributed by atoms with Crippen LogP contribution in [0.1, 0.15) is 34.6 Å². The van der Waals surface area contributed by atoms with Gasteiger partial charge in [0.2, 0.25) is 5.91 Å². The van der Waals surface area contributed by atoms with E-state index in [1.54, 1.807) is 24.3 Å². The number of carbonyl (C=O) groups is 2. The van der Waals surface area contributed by atoms with Crippen molar-refractivity contribution < 1.29 is 9.59 Å². The summed E-state index contributed by atoms with van der Waals surface area (Å²) in [7, 11) is 0. The van der Waals surface area contributed by atoms with E-state index < -0.39 is 0 Å². The minimum absolute atomic E-state index is 0.155. The second kappa shape index (κ2) is 8.71. The molecule has 0 atom stereocenters. The van der Waals surface area contributed by atoms with Gasteiger partial charge < -0.3 is 10.6 Å². The first-order chi connectivity index (χ1) is 14.5. The summed E-state index contributed by atoms with van der Waals surface area (Å²) >= 11 is 1.31. The molecular weight excluding hydrogens is 398 g/mol. The number of aromatic nitrogens is 3. The largest absolute Gasteiger partial charge is 0.349 e. The lowest BCUT2D eigenvalue weighted by atomic mass is 10.1. The number of nitrogens with one attached hydrogen (secondary N) is 2. The van der Waals surface area contributed by atoms with Crippen molar-refractivity contribution in [2.24, 2.45) is 0 Å². The van der Waals surface area contributed by atoms with Crippen LogP contribution in [0.15, 0.2) is 53.7 Å². The van der Waals surface area contributed by atoms with Crippen LogP contribution in [0.5, 0.6) is 0 Å². The molecule has 1 aliphatic carbocycles. The lowest BCUT2D eigenvalue weighted by molar-refractivity contribution is -0.113. The summed E-state index contributed by atoms with van der Waals surface area (Å²) in [4.78, 5) is 25.0. The topological polar surface area (TPSA) is 88.9 Å². The van der Waals surface area contributed by atoms with Gasteiger partial charge >= 0.3 is 0 Å². The molecule has 8 heteroatoms. The second-order valence-corrected chi connectivity index (χ2v) is 8.22. The first kappa shape index (κ1) is 20.2. The van der Waals surface area contributed by atoms with Crippen LogP contribution in [-0.4, -0.2) is 38.4 Å². The first-order valence-corrected chi connectivity index (χ1v) is 10.8. The molecule has 0 saturated heterocycles.